The standard InChI is InChI=1S/C10H14N2O2/c11-7-9(12-10(13)14)6-8-4-2-1-3-5-8/h1-5,9,12H,6-7,11H2,(H,13,14). The second-order valence-electron chi connectivity index (χ2n) is 3.07. The van der Waals surface area contributed by atoms with Crippen molar-refractivity contribution in [3.63, 3.8) is 0 Å². The van der Waals surface area contributed by atoms with Gasteiger partial charge in [0.1, 0.15) is 0 Å². The van der Waals surface area contributed by atoms with Gasteiger partial charge in [-0.05, 0) is 12.0 Å². The van der Waals surface area contributed by atoms with Crippen molar-refractivity contribution in [1.82, 2.24) is 5.32 Å². The molecule has 1 amide bonds. The summed E-state index contributed by atoms with van der Waals surface area (Å²) in [7, 11) is 0. The van der Waals surface area contributed by atoms with Crippen LogP contribution in [-0.2, 0) is 6.42 Å². The largest absolute Gasteiger partial charge is 0.465 e. The smallest absolute Gasteiger partial charge is 0.404 e. The van der Waals surface area contributed by atoms with Crippen LogP contribution in [0, 0.1) is 0 Å². The molecule has 0 saturated heterocycles. The van der Waals surface area contributed by atoms with Crippen molar-refractivity contribution in [2.75, 3.05) is 6.54 Å². The van der Waals surface area contributed by atoms with Crippen LogP contribution in [0.2, 0.25) is 0 Å². The molecule has 4 N–H and O–H groups in total. The van der Waals surface area contributed by atoms with E-state index in [-0.39, 0.29) is 6.04 Å². The molecular weight excluding hydrogens is 180 g/mol. The van der Waals surface area contributed by atoms with Crippen LogP contribution >= 0.6 is 0 Å². The zero-order chi connectivity index (χ0) is 10.4. The lowest BCUT2D eigenvalue weighted by Crippen LogP contribution is -2.40. The summed E-state index contributed by atoms with van der Waals surface area (Å²) in [4.78, 5) is 10.4. The Balaban J connectivity index is 2.53. The first-order valence-corrected chi connectivity index (χ1v) is 4.46. The first-order chi connectivity index (χ1) is 6.72. The highest BCUT2D eigenvalue weighted by Gasteiger charge is 2.09. The predicted octanol–water partition coefficient (Wildman–Crippen LogP) is 0.824. The van der Waals surface area contributed by atoms with E-state index in [1.165, 1.54) is 0 Å². The van der Waals surface area contributed by atoms with Crippen LogP contribution in [0.5, 0.6) is 0 Å². The number of carboxylic acid groups (broad SMARTS) is 1. The Morgan fingerprint density at radius 1 is 1.43 bits per heavy atom. The Bertz CT molecular complexity index is 287. The maximum absolute atomic E-state index is 10.4. The number of amides is 1. The fourth-order valence-electron chi connectivity index (χ4n) is 1.27. The zero-order valence-corrected chi connectivity index (χ0v) is 7.81. The van der Waals surface area contributed by atoms with Gasteiger partial charge in [-0.2, -0.15) is 0 Å². The van der Waals surface area contributed by atoms with E-state index in [9.17, 15) is 4.79 Å². The van der Waals surface area contributed by atoms with Gasteiger partial charge in [-0.3, -0.25) is 0 Å². The third-order valence-corrected chi connectivity index (χ3v) is 1.94. The van der Waals surface area contributed by atoms with Gasteiger partial charge in [-0.25, -0.2) is 4.79 Å². The Hall–Kier alpha value is -1.55. The molecule has 0 fully saturated rings. The number of rotatable bonds is 4. The van der Waals surface area contributed by atoms with Crippen LogP contribution in [0.4, 0.5) is 4.79 Å². The van der Waals surface area contributed by atoms with Crippen molar-refractivity contribution in [3.8, 4) is 0 Å². The summed E-state index contributed by atoms with van der Waals surface area (Å²) in [5.74, 6) is 0. The number of hydrogen-bond acceptors (Lipinski definition) is 2. The summed E-state index contributed by atoms with van der Waals surface area (Å²) in [6.45, 7) is 0.307. The fourth-order valence-corrected chi connectivity index (χ4v) is 1.27. The van der Waals surface area contributed by atoms with Crippen molar-refractivity contribution < 1.29 is 9.90 Å². The van der Waals surface area contributed by atoms with Crippen LogP contribution in [0.1, 0.15) is 5.56 Å². The minimum Gasteiger partial charge on any atom is -0.465 e. The number of benzene rings is 1. The molecule has 0 aliphatic rings. The Kier molecular flexibility index (Phi) is 3.94. The van der Waals surface area contributed by atoms with Crippen molar-refractivity contribution in [2.24, 2.45) is 5.73 Å². The van der Waals surface area contributed by atoms with Crippen LogP contribution in [0.3, 0.4) is 0 Å². The fraction of sp³-hybridized carbons (Fsp3) is 0.300. The number of nitrogens with two attached hydrogens (primary N) is 1. The maximum atomic E-state index is 10.4. The molecule has 1 unspecified atom stereocenters. The summed E-state index contributed by atoms with van der Waals surface area (Å²) < 4.78 is 0. The van der Waals surface area contributed by atoms with Gasteiger partial charge in [-0.15, -0.1) is 0 Å². The molecule has 0 aromatic heterocycles. The average molecular weight is 194 g/mol. The molecule has 0 radical (unpaired) electrons. The zero-order valence-electron chi connectivity index (χ0n) is 7.81. The minimum absolute atomic E-state index is 0.213. The molecule has 4 nitrogen and oxygen atoms in total. The molecule has 1 atom stereocenters. The van der Waals surface area contributed by atoms with Crippen molar-refractivity contribution in [1.29, 1.82) is 0 Å². The summed E-state index contributed by atoms with van der Waals surface area (Å²) in [6.07, 6.45) is -0.403. The quantitative estimate of drug-likeness (QED) is 0.664. The third-order valence-electron chi connectivity index (χ3n) is 1.94. The van der Waals surface area contributed by atoms with Gasteiger partial charge in [0.2, 0.25) is 0 Å². The van der Waals surface area contributed by atoms with E-state index in [0.29, 0.717) is 13.0 Å². The highest BCUT2D eigenvalue weighted by Crippen LogP contribution is 2.02. The highest BCUT2D eigenvalue weighted by atomic mass is 16.4. The SMILES string of the molecule is NCC(Cc1ccccc1)NC(=O)O. The number of carbonyl (C=O) groups is 1. The molecule has 0 aliphatic heterocycles. The summed E-state index contributed by atoms with van der Waals surface area (Å²) >= 11 is 0. The molecule has 1 aromatic rings. The van der Waals surface area contributed by atoms with Gasteiger partial charge in [-0.1, -0.05) is 30.3 Å². The summed E-state index contributed by atoms with van der Waals surface area (Å²) in [5, 5.41) is 10.9. The van der Waals surface area contributed by atoms with Gasteiger partial charge in [0.15, 0.2) is 0 Å². The van der Waals surface area contributed by atoms with E-state index in [0.717, 1.165) is 5.56 Å². The summed E-state index contributed by atoms with van der Waals surface area (Å²) in [6, 6.07) is 9.45. The van der Waals surface area contributed by atoms with Crippen LogP contribution < -0.4 is 11.1 Å². The molecule has 4 heteroatoms. The predicted molar refractivity (Wildman–Crippen MR) is 54.1 cm³/mol. The molecular formula is C10H14N2O2. The van der Waals surface area contributed by atoms with E-state index >= 15 is 0 Å². The lowest BCUT2D eigenvalue weighted by Gasteiger charge is -2.14. The highest BCUT2D eigenvalue weighted by molar-refractivity contribution is 5.64. The molecule has 14 heavy (non-hydrogen) atoms. The van der Waals surface area contributed by atoms with Gasteiger partial charge in [0.25, 0.3) is 0 Å². The normalized spacial score (nSPS) is 12.1. The van der Waals surface area contributed by atoms with E-state index in [2.05, 4.69) is 5.32 Å². The molecule has 76 valence electrons. The second kappa shape index (κ2) is 5.24. The first kappa shape index (κ1) is 10.5. The molecule has 0 aliphatic carbocycles. The molecule has 0 heterocycles. The van der Waals surface area contributed by atoms with E-state index in [4.69, 9.17) is 10.8 Å². The van der Waals surface area contributed by atoms with Gasteiger partial charge in [0.05, 0.1) is 0 Å². The van der Waals surface area contributed by atoms with Crippen molar-refractivity contribution >= 4 is 6.09 Å². The monoisotopic (exact) mass is 194 g/mol. The maximum Gasteiger partial charge on any atom is 0.404 e. The minimum atomic E-state index is -1.03. The van der Waals surface area contributed by atoms with E-state index in [1.54, 1.807) is 0 Å². The van der Waals surface area contributed by atoms with Crippen molar-refractivity contribution in [2.45, 2.75) is 12.5 Å². The summed E-state index contributed by atoms with van der Waals surface area (Å²) in [5.41, 5.74) is 6.52. The van der Waals surface area contributed by atoms with E-state index in [1.807, 2.05) is 30.3 Å². The van der Waals surface area contributed by atoms with Crippen LogP contribution in [-0.4, -0.2) is 23.8 Å². The van der Waals surface area contributed by atoms with Gasteiger partial charge < -0.3 is 16.2 Å². The van der Waals surface area contributed by atoms with Crippen LogP contribution in [0.25, 0.3) is 0 Å². The van der Waals surface area contributed by atoms with Crippen molar-refractivity contribution in [3.05, 3.63) is 35.9 Å². The molecule has 0 saturated carbocycles. The van der Waals surface area contributed by atoms with E-state index < -0.39 is 6.09 Å². The third kappa shape index (κ3) is 3.45. The molecule has 0 spiro atoms. The molecule has 1 aromatic carbocycles. The topological polar surface area (TPSA) is 75.3 Å². The average Bonchev–Trinajstić information content (AvgIpc) is 2.17. The van der Waals surface area contributed by atoms with Crippen LogP contribution in [0.15, 0.2) is 30.3 Å². The van der Waals surface area contributed by atoms with Gasteiger partial charge >= 0.3 is 6.09 Å². The second-order valence-corrected chi connectivity index (χ2v) is 3.07. The Morgan fingerprint density at radius 3 is 2.57 bits per heavy atom. The molecule has 0 bridgehead atoms. The first-order valence-electron chi connectivity index (χ1n) is 4.46. The number of hydrogen-bond donors (Lipinski definition) is 3. The lowest BCUT2D eigenvalue weighted by atomic mass is 10.1. The Morgan fingerprint density at radius 2 is 2.07 bits per heavy atom. The Labute approximate surface area is 82.7 Å². The lowest BCUT2D eigenvalue weighted by molar-refractivity contribution is 0.190. The molecule has 1 rings (SSSR count). The number of nitrogens with one attached hydrogen (secondary N) is 1. The van der Waals surface area contributed by atoms with Gasteiger partial charge in [0, 0.05) is 12.6 Å².